The lowest BCUT2D eigenvalue weighted by Crippen LogP contribution is -1.97. The van der Waals surface area contributed by atoms with Crippen molar-refractivity contribution in [2.24, 2.45) is 5.73 Å². The predicted molar refractivity (Wildman–Crippen MR) is 88.4 cm³/mol. The summed E-state index contributed by atoms with van der Waals surface area (Å²) in [6, 6.07) is 13.5. The molecule has 4 nitrogen and oxygen atoms in total. The van der Waals surface area contributed by atoms with Gasteiger partial charge in [-0.1, -0.05) is 12.1 Å². The first-order valence-electron chi connectivity index (χ1n) is 7.10. The number of ether oxygens (including phenoxy) is 3. The largest absolute Gasteiger partial charge is 0.497 e. The van der Waals surface area contributed by atoms with Gasteiger partial charge in [0.1, 0.15) is 17.2 Å². The van der Waals surface area contributed by atoms with Crippen molar-refractivity contribution in [1.29, 1.82) is 0 Å². The van der Waals surface area contributed by atoms with Crippen LogP contribution in [-0.2, 0) is 0 Å². The van der Waals surface area contributed by atoms with Gasteiger partial charge in [-0.05, 0) is 42.3 Å². The molecule has 22 heavy (non-hydrogen) atoms. The molecule has 0 spiro atoms. The Bertz CT molecular complexity index is 643. The summed E-state index contributed by atoms with van der Waals surface area (Å²) >= 11 is 0. The Hall–Kier alpha value is -2.62. The van der Waals surface area contributed by atoms with Gasteiger partial charge in [0, 0.05) is 17.8 Å². The molecule has 0 saturated carbocycles. The van der Waals surface area contributed by atoms with Crippen molar-refractivity contribution in [3.05, 3.63) is 59.8 Å². The minimum Gasteiger partial charge on any atom is -0.497 e. The highest BCUT2D eigenvalue weighted by molar-refractivity contribution is 5.81. The van der Waals surface area contributed by atoms with Gasteiger partial charge in [-0.15, -0.1) is 0 Å². The van der Waals surface area contributed by atoms with Gasteiger partial charge in [-0.3, -0.25) is 0 Å². The molecule has 4 heteroatoms. The molecule has 0 fully saturated rings. The normalized spacial score (nSPS) is 11.1. The minimum absolute atomic E-state index is 0.623. The van der Waals surface area contributed by atoms with Crippen molar-refractivity contribution in [2.45, 2.75) is 6.92 Å². The van der Waals surface area contributed by atoms with Crippen LogP contribution in [0.3, 0.4) is 0 Å². The van der Waals surface area contributed by atoms with Crippen LogP contribution in [0.25, 0.3) is 5.57 Å². The van der Waals surface area contributed by atoms with Crippen LogP contribution in [0.2, 0.25) is 0 Å². The van der Waals surface area contributed by atoms with E-state index in [0.717, 1.165) is 33.9 Å². The van der Waals surface area contributed by atoms with Gasteiger partial charge in [0.25, 0.3) is 0 Å². The first kappa shape index (κ1) is 15.8. The minimum atomic E-state index is 0.623. The molecule has 2 aromatic carbocycles. The van der Waals surface area contributed by atoms with E-state index in [2.05, 4.69) is 0 Å². The van der Waals surface area contributed by atoms with Gasteiger partial charge >= 0.3 is 0 Å². The Labute approximate surface area is 131 Å². The van der Waals surface area contributed by atoms with Crippen molar-refractivity contribution >= 4 is 5.57 Å². The van der Waals surface area contributed by atoms with E-state index in [0.29, 0.717) is 6.61 Å². The molecule has 2 N–H and O–H groups in total. The summed E-state index contributed by atoms with van der Waals surface area (Å²) in [5.41, 5.74) is 8.65. The molecule has 2 aromatic rings. The highest BCUT2D eigenvalue weighted by atomic mass is 16.5. The van der Waals surface area contributed by atoms with Crippen LogP contribution in [0.4, 0.5) is 0 Å². The second-order valence-electron chi connectivity index (χ2n) is 4.64. The number of nitrogens with two attached hydrogens (primary N) is 1. The molecule has 0 aliphatic rings. The number of hydrogen-bond acceptors (Lipinski definition) is 4. The van der Waals surface area contributed by atoms with Gasteiger partial charge in [0.15, 0.2) is 0 Å². The predicted octanol–water partition coefficient (Wildman–Crippen LogP) is 3.45. The van der Waals surface area contributed by atoms with Crippen LogP contribution in [0.5, 0.6) is 17.2 Å². The second kappa shape index (κ2) is 7.41. The van der Waals surface area contributed by atoms with E-state index in [1.807, 2.05) is 49.4 Å². The zero-order chi connectivity index (χ0) is 15.9. The van der Waals surface area contributed by atoms with Crippen LogP contribution < -0.4 is 19.9 Å². The lowest BCUT2D eigenvalue weighted by molar-refractivity contribution is 0.340. The van der Waals surface area contributed by atoms with Crippen molar-refractivity contribution in [3.63, 3.8) is 0 Å². The highest BCUT2D eigenvalue weighted by Crippen LogP contribution is 2.31. The van der Waals surface area contributed by atoms with E-state index in [1.165, 1.54) is 0 Å². The maximum atomic E-state index is 5.86. The fourth-order valence-corrected chi connectivity index (χ4v) is 2.24. The maximum absolute atomic E-state index is 5.86. The molecule has 0 aliphatic carbocycles. The summed E-state index contributed by atoms with van der Waals surface area (Å²) in [5, 5.41) is 0. The van der Waals surface area contributed by atoms with Gasteiger partial charge in [0.2, 0.25) is 0 Å². The zero-order valence-corrected chi connectivity index (χ0v) is 13.1. The highest BCUT2D eigenvalue weighted by Gasteiger charge is 2.09. The second-order valence-corrected chi connectivity index (χ2v) is 4.64. The molecule has 0 saturated heterocycles. The molecule has 0 bridgehead atoms. The van der Waals surface area contributed by atoms with Crippen LogP contribution in [0.1, 0.15) is 18.1 Å². The average molecular weight is 299 g/mol. The molecule has 0 aliphatic heterocycles. The Morgan fingerprint density at radius 1 is 0.955 bits per heavy atom. The summed E-state index contributed by atoms with van der Waals surface area (Å²) in [4.78, 5) is 0. The van der Waals surface area contributed by atoms with Gasteiger partial charge < -0.3 is 19.9 Å². The molecule has 0 aromatic heterocycles. The Morgan fingerprint density at radius 2 is 1.59 bits per heavy atom. The molecular formula is C18H21NO3. The quantitative estimate of drug-likeness (QED) is 0.887. The van der Waals surface area contributed by atoms with Crippen molar-refractivity contribution in [1.82, 2.24) is 0 Å². The standard InChI is InChI=1S/C18H21NO3/c1-4-22-15-7-5-6-13(8-15)18(12-19)14-9-16(20-2)11-17(10-14)21-3/h5-12H,4,19H2,1-3H3. The zero-order valence-electron chi connectivity index (χ0n) is 13.1. The van der Waals surface area contributed by atoms with E-state index in [-0.39, 0.29) is 0 Å². The van der Waals surface area contributed by atoms with Crippen LogP contribution in [0, 0.1) is 0 Å². The molecule has 2 rings (SSSR count). The van der Waals surface area contributed by atoms with Crippen molar-refractivity contribution in [3.8, 4) is 17.2 Å². The van der Waals surface area contributed by atoms with Crippen LogP contribution >= 0.6 is 0 Å². The third-order valence-corrected chi connectivity index (χ3v) is 3.29. The van der Waals surface area contributed by atoms with Crippen molar-refractivity contribution < 1.29 is 14.2 Å². The fourth-order valence-electron chi connectivity index (χ4n) is 2.24. The SMILES string of the molecule is CCOc1cccc(C(=CN)c2cc(OC)cc(OC)c2)c1. The number of hydrogen-bond donors (Lipinski definition) is 1. The topological polar surface area (TPSA) is 53.7 Å². The van der Waals surface area contributed by atoms with E-state index >= 15 is 0 Å². The third kappa shape index (κ3) is 3.52. The Balaban J connectivity index is 2.46. The number of methoxy groups -OCH3 is 2. The molecule has 0 amide bonds. The molecule has 0 atom stereocenters. The lowest BCUT2D eigenvalue weighted by Gasteiger charge is -2.13. The average Bonchev–Trinajstić information content (AvgIpc) is 2.56. The Morgan fingerprint density at radius 3 is 2.14 bits per heavy atom. The Kier molecular flexibility index (Phi) is 5.31. The fraction of sp³-hybridized carbons (Fsp3) is 0.222. The summed E-state index contributed by atoms with van der Waals surface area (Å²) in [7, 11) is 3.25. The summed E-state index contributed by atoms with van der Waals surface area (Å²) in [5.74, 6) is 2.25. The maximum Gasteiger partial charge on any atom is 0.123 e. The van der Waals surface area contributed by atoms with E-state index in [4.69, 9.17) is 19.9 Å². The van der Waals surface area contributed by atoms with Crippen molar-refractivity contribution in [2.75, 3.05) is 20.8 Å². The first-order chi connectivity index (χ1) is 10.7. The summed E-state index contributed by atoms with van der Waals surface area (Å²) in [6.45, 7) is 2.58. The summed E-state index contributed by atoms with van der Waals surface area (Å²) in [6.07, 6.45) is 1.58. The van der Waals surface area contributed by atoms with Gasteiger partial charge in [0.05, 0.1) is 20.8 Å². The van der Waals surface area contributed by atoms with Gasteiger partial charge in [-0.25, -0.2) is 0 Å². The van der Waals surface area contributed by atoms with E-state index < -0.39 is 0 Å². The van der Waals surface area contributed by atoms with Crippen LogP contribution in [-0.4, -0.2) is 20.8 Å². The van der Waals surface area contributed by atoms with Crippen LogP contribution in [0.15, 0.2) is 48.7 Å². The molecule has 0 radical (unpaired) electrons. The summed E-state index contributed by atoms with van der Waals surface area (Å²) < 4.78 is 16.2. The molecule has 0 heterocycles. The van der Waals surface area contributed by atoms with E-state index in [9.17, 15) is 0 Å². The van der Waals surface area contributed by atoms with Gasteiger partial charge in [-0.2, -0.15) is 0 Å². The number of rotatable bonds is 6. The first-order valence-corrected chi connectivity index (χ1v) is 7.10. The third-order valence-electron chi connectivity index (χ3n) is 3.29. The number of benzene rings is 2. The van der Waals surface area contributed by atoms with E-state index in [1.54, 1.807) is 20.4 Å². The molecule has 116 valence electrons. The molecular weight excluding hydrogens is 278 g/mol. The smallest absolute Gasteiger partial charge is 0.123 e. The molecule has 0 unspecified atom stereocenters. The lowest BCUT2D eigenvalue weighted by atomic mass is 9.98. The monoisotopic (exact) mass is 299 g/mol.